The minimum absolute atomic E-state index is 0.0246. The van der Waals surface area contributed by atoms with Crippen LogP contribution in [-0.2, 0) is 6.42 Å². The van der Waals surface area contributed by atoms with Crippen LogP contribution < -0.4 is 14.2 Å². The second-order valence-corrected chi connectivity index (χ2v) is 4.89. The number of allylic oxidation sites excluding steroid dienone is 2. The molecule has 0 saturated heterocycles. The third-order valence-electron chi connectivity index (χ3n) is 3.43. The van der Waals surface area contributed by atoms with E-state index in [1.165, 1.54) is 0 Å². The van der Waals surface area contributed by atoms with Gasteiger partial charge in [-0.2, -0.15) is 0 Å². The monoisotopic (exact) mass is 296 g/mol. The van der Waals surface area contributed by atoms with Gasteiger partial charge >= 0.3 is 0 Å². The summed E-state index contributed by atoms with van der Waals surface area (Å²) in [5, 5.41) is 0. The molecule has 0 aliphatic carbocycles. The number of hydrogen-bond donors (Lipinski definition) is 0. The van der Waals surface area contributed by atoms with E-state index in [0.29, 0.717) is 12.0 Å². The first-order valence-electron chi connectivity index (χ1n) is 7.00. The van der Waals surface area contributed by atoms with Gasteiger partial charge in [-0.15, -0.1) is 0 Å². The van der Waals surface area contributed by atoms with Crippen molar-refractivity contribution in [3.05, 3.63) is 65.7 Å². The molecule has 0 amide bonds. The van der Waals surface area contributed by atoms with Crippen molar-refractivity contribution < 1.29 is 19.0 Å². The molecule has 4 heteroatoms. The average Bonchev–Trinajstić information content (AvgIpc) is 3.02. The number of ketones is 1. The molecule has 1 aliphatic rings. The van der Waals surface area contributed by atoms with E-state index >= 15 is 0 Å². The lowest BCUT2D eigenvalue weighted by Gasteiger charge is -2.01. The maximum atomic E-state index is 12.0. The van der Waals surface area contributed by atoms with Gasteiger partial charge in [0.2, 0.25) is 6.79 Å². The molecule has 0 fully saturated rings. The zero-order valence-corrected chi connectivity index (χ0v) is 12.2. The van der Waals surface area contributed by atoms with Crippen LogP contribution in [0.4, 0.5) is 0 Å². The molecule has 22 heavy (non-hydrogen) atoms. The van der Waals surface area contributed by atoms with Crippen molar-refractivity contribution in [3.8, 4) is 17.2 Å². The fourth-order valence-corrected chi connectivity index (χ4v) is 2.22. The molecule has 0 unspecified atom stereocenters. The average molecular weight is 296 g/mol. The quantitative estimate of drug-likeness (QED) is 0.626. The van der Waals surface area contributed by atoms with E-state index < -0.39 is 0 Å². The van der Waals surface area contributed by atoms with E-state index in [9.17, 15) is 4.79 Å². The molecule has 0 bridgehead atoms. The van der Waals surface area contributed by atoms with Crippen LogP contribution in [0.5, 0.6) is 17.2 Å². The van der Waals surface area contributed by atoms with E-state index in [0.717, 1.165) is 22.8 Å². The first-order chi connectivity index (χ1) is 10.8. The normalized spacial score (nSPS) is 12.6. The number of methoxy groups -OCH3 is 1. The number of rotatable bonds is 5. The van der Waals surface area contributed by atoms with Crippen LogP contribution in [0.3, 0.4) is 0 Å². The Morgan fingerprint density at radius 2 is 1.91 bits per heavy atom. The molecule has 2 aromatic carbocycles. The number of fused-ring (bicyclic) bond motifs is 1. The van der Waals surface area contributed by atoms with E-state index in [4.69, 9.17) is 14.2 Å². The molecule has 2 aromatic rings. The molecular weight excluding hydrogens is 280 g/mol. The summed E-state index contributed by atoms with van der Waals surface area (Å²) in [5.74, 6) is 2.23. The van der Waals surface area contributed by atoms with Crippen LogP contribution >= 0.6 is 0 Å². The molecule has 112 valence electrons. The number of carbonyl (C=O) groups excluding carboxylic acids is 1. The summed E-state index contributed by atoms with van der Waals surface area (Å²) in [7, 11) is 1.60. The van der Waals surface area contributed by atoms with Crippen LogP contribution in [-0.4, -0.2) is 19.7 Å². The fraction of sp³-hybridized carbons (Fsp3) is 0.167. The summed E-state index contributed by atoms with van der Waals surface area (Å²) < 4.78 is 15.7. The third-order valence-corrected chi connectivity index (χ3v) is 3.43. The molecule has 0 spiro atoms. The second kappa shape index (κ2) is 6.35. The van der Waals surface area contributed by atoms with Gasteiger partial charge in [-0.1, -0.05) is 12.1 Å². The molecule has 0 saturated carbocycles. The highest BCUT2D eigenvalue weighted by Gasteiger charge is 2.12. The Morgan fingerprint density at radius 1 is 1.14 bits per heavy atom. The summed E-state index contributed by atoms with van der Waals surface area (Å²) in [6.45, 7) is 0.268. The Hall–Kier alpha value is -2.75. The molecule has 4 nitrogen and oxygen atoms in total. The second-order valence-electron chi connectivity index (χ2n) is 4.89. The lowest BCUT2D eigenvalue weighted by Crippen LogP contribution is -1.94. The van der Waals surface area contributed by atoms with Crippen LogP contribution in [0.2, 0.25) is 0 Å². The van der Waals surface area contributed by atoms with Gasteiger partial charge in [0.25, 0.3) is 0 Å². The lowest BCUT2D eigenvalue weighted by atomic mass is 10.1. The fourth-order valence-electron chi connectivity index (χ4n) is 2.22. The Kier molecular flexibility index (Phi) is 4.10. The summed E-state index contributed by atoms with van der Waals surface area (Å²) >= 11 is 0. The van der Waals surface area contributed by atoms with Crippen molar-refractivity contribution in [1.29, 1.82) is 0 Å². The minimum Gasteiger partial charge on any atom is -0.497 e. The smallest absolute Gasteiger partial charge is 0.231 e. The maximum Gasteiger partial charge on any atom is 0.231 e. The van der Waals surface area contributed by atoms with Crippen LogP contribution in [0.15, 0.2) is 54.6 Å². The summed E-state index contributed by atoms with van der Waals surface area (Å²) in [6, 6.07) is 12.9. The molecule has 0 N–H and O–H groups in total. The van der Waals surface area contributed by atoms with Crippen LogP contribution in [0.25, 0.3) is 0 Å². The summed E-state index contributed by atoms with van der Waals surface area (Å²) in [6.07, 6.45) is 4.11. The Labute approximate surface area is 128 Å². The Balaban J connectivity index is 1.62. The van der Waals surface area contributed by atoms with Gasteiger partial charge in [0.15, 0.2) is 17.3 Å². The predicted octanol–water partition coefficient (Wildman–Crippen LogP) is 3.41. The minimum atomic E-state index is -0.0246. The van der Waals surface area contributed by atoms with Crippen molar-refractivity contribution in [3.63, 3.8) is 0 Å². The van der Waals surface area contributed by atoms with Crippen molar-refractivity contribution in [2.45, 2.75) is 6.42 Å². The zero-order valence-electron chi connectivity index (χ0n) is 12.2. The van der Waals surface area contributed by atoms with Gasteiger partial charge in [-0.3, -0.25) is 4.79 Å². The molecule has 0 radical (unpaired) electrons. The maximum absolute atomic E-state index is 12.0. The molecular formula is C18H16O4. The lowest BCUT2D eigenvalue weighted by molar-refractivity contribution is 0.104. The molecule has 1 aliphatic heterocycles. The van der Waals surface area contributed by atoms with E-state index in [-0.39, 0.29) is 12.6 Å². The van der Waals surface area contributed by atoms with Crippen molar-refractivity contribution in [2.75, 3.05) is 13.9 Å². The highest BCUT2D eigenvalue weighted by atomic mass is 16.7. The van der Waals surface area contributed by atoms with Gasteiger partial charge in [0, 0.05) is 5.56 Å². The Bertz CT molecular complexity index is 702. The predicted molar refractivity (Wildman–Crippen MR) is 82.7 cm³/mol. The van der Waals surface area contributed by atoms with Gasteiger partial charge in [-0.25, -0.2) is 0 Å². The summed E-state index contributed by atoms with van der Waals surface area (Å²) in [4.78, 5) is 12.0. The molecule has 3 rings (SSSR count). The number of carbonyl (C=O) groups is 1. The van der Waals surface area contributed by atoms with Gasteiger partial charge in [0.05, 0.1) is 7.11 Å². The number of hydrogen-bond acceptors (Lipinski definition) is 4. The standard InChI is InChI=1S/C18H16O4/c1-20-15-8-6-14(7-9-15)16(19)4-2-3-13-5-10-17-18(11-13)22-12-21-17/h2,4-11H,3,12H2,1H3. The molecule has 0 aromatic heterocycles. The zero-order chi connectivity index (χ0) is 15.4. The molecule has 1 heterocycles. The van der Waals surface area contributed by atoms with E-state index in [2.05, 4.69) is 0 Å². The van der Waals surface area contributed by atoms with Crippen molar-refractivity contribution in [1.82, 2.24) is 0 Å². The topological polar surface area (TPSA) is 44.8 Å². The summed E-state index contributed by atoms with van der Waals surface area (Å²) in [5.41, 5.74) is 1.71. The highest BCUT2D eigenvalue weighted by Crippen LogP contribution is 2.32. The molecule has 0 atom stereocenters. The third kappa shape index (κ3) is 3.11. The SMILES string of the molecule is COc1ccc(C(=O)C=CCc2ccc3c(c2)OCO3)cc1. The van der Waals surface area contributed by atoms with Crippen molar-refractivity contribution >= 4 is 5.78 Å². The van der Waals surface area contributed by atoms with Gasteiger partial charge in [-0.05, 0) is 54.5 Å². The van der Waals surface area contributed by atoms with Crippen molar-refractivity contribution in [2.24, 2.45) is 0 Å². The first-order valence-corrected chi connectivity index (χ1v) is 7.00. The van der Waals surface area contributed by atoms with Gasteiger partial charge in [0.1, 0.15) is 5.75 Å². The number of ether oxygens (including phenoxy) is 3. The van der Waals surface area contributed by atoms with Gasteiger partial charge < -0.3 is 14.2 Å². The highest BCUT2D eigenvalue weighted by molar-refractivity contribution is 6.04. The van der Waals surface area contributed by atoms with E-state index in [1.54, 1.807) is 37.5 Å². The Morgan fingerprint density at radius 3 is 2.68 bits per heavy atom. The number of benzene rings is 2. The first kappa shape index (κ1) is 14.2. The van der Waals surface area contributed by atoms with E-state index in [1.807, 2.05) is 24.3 Å². The van der Waals surface area contributed by atoms with Crippen LogP contribution in [0, 0.1) is 0 Å². The van der Waals surface area contributed by atoms with Crippen LogP contribution in [0.1, 0.15) is 15.9 Å². The largest absolute Gasteiger partial charge is 0.497 e.